The first-order valence-corrected chi connectivity index (χ1v) is 13.1. The van der Waals surface area contributed by atoms with Gasteiger partial charge in [-0.1, -0.05) is 18.2 Å². The summed E-state index contributed by atoms with van der Waals surface area (Å²) in [5, 5.41) is 5.42. The molecule has 3 heterocycles. The van der Waals surface area contributed by atoms with Gasteiger partial charge in [0.15, 0.2) is 0 Å². The predicted molar refractivity (Wildman–Crippen MR) is 142 cm³/mol. The third-order valence-electron chi connectivity index (χ3n) is 7.23. The van der Waals surface area contributed by atoms with E-state index < -0.39 is 11.4 Å². The number of halogens is 1. The Balaban J connectivity index is 1.43. The number of nitrogens with zero attached hydrogens (tertiary/aromatic N) is 4. The van der Waals surface area contributed by atoms with E-state index in [1.165, 1.54) is 12.1 Å². The lowest BCUT2D eigenvalue weighted by molar-refractivity contribution is -0.000877. The van der Waals surface area contributed by atoms with Crippen LogP contribution in [0.5, 0.6) is 0 Å². The Morgan fingerprint density at radius 1 is 1.16 bits per heavy atom. The minimum atomic E-state index is -0.515. The fourth-order valence-electron chi connectivity index (χ4n) is 5.37. The molecule has 2 saturated heterocycles. The Morgan fingerprint density at radius 3 is 2.61 bits per heavy atom. The molecule has 9 heteroatoms. The summed E-state index contributed by atoms with van der Waals surface area (Å²) >= 11 is 0. The minimum Gasteiger partial charge on any atom is -0.444 e. The smallest absolute Gasteiger partial charge is 0.410 e. The Kier molecular flexibility index (Phi) is 6.90. The van der Waals surface area contributed by atoms with E-state index in [0.29, 0.717) is 49.9 Å². The van der Waals surface area contributed by atoms with Crippen molar-refractivity contribution in [2.24, 2.45) is 13.0 Å². The van der Waals surface area contributed by atoms with Crippen LogP contribution in [-0.2, 0) is 22.9 Å². The number of fused-ring (bicyclic) bond motifs is 1. The Bertz CT molecular complexity index is 1370. The van der Waals surface area contributed by atoms with Crippen LogP contribution in [0.2, 0.25) is 0 Å². The summed E-state index contributed by atoms with van der Waals surface area (Å²) in [4.78, 5) is 29.4. The van der Waals surface area contributed by atoms with Gasteiger partial charge in [-0.15, -0.1) is 0 Å². The first-order chi connectivity index (χ1) is 18.0. The van der Waals surface area contributed by atoms with Crippen molar-refractivity contribution in [2.75, 3.05) is 32.8 Å². The number of hydrogen-bond donors (Lipinski definition) is 0. The molecule has 0 radical (unpaired) electrons. The van der Waals surface area contributed by atoms with E-state index in [9.17, 15) is 14.0 Å². The molecule has 1 aromatic heterocycles. The topological polar surface area (TPSA) is 76.9 Å². The number of carbonyl (C=O) groups is 2. The SMILES string of the molecule is C[C@@H]1COCCN1C(=O)c1cc(F)ccc1-c1ccc(CC2CN(C(=O)OC(C)(C)C)C2)c2c1cnn2C. The maximum absolute atomic E-state index is 14.4. The van der Waals surface area contributed by atoms with Gasteiger partial charge in [-0.2, -0.15) is 5.10 Å². The van der Waals surface area contributed by atoms with E-state index in [4.69, 9.17) is 9.47 Å². The molecule has 1 atom stereocenters. The molecular formula is C29H35FN4O4. The summed E-state index contributed by atoms with van der Waals surface area (Å²) in [5.41, 5.74) is 3.43. The molecule has 0 N–H and O–H groups in total. The molecule has 202 valence electrons. The monoisotopic (exact) mass is 522 g/mol. The van der Waals surface area contributed by atoms with Crippen LogP contribution in [0.15, 0.2) is 36.5 Å². The van der Waals surface area contributed by atoms with Crippen LogP contribution < -0.4 is 0 Å². The summed E-state index contributed by atoms with van der Waals surface area (Å²) in [7, 11) is 1.90. The van der Waals surface area contributed by atoms with Gasteiger partial charge in [-0.25, -0.2) is 9.18 Å². The van der Waals surface area contributed by atoms with E-state index in [1.54, 1.807) is 22.1 Å². The molecule has 2 amide bonds. The van der Waals surface area contributed by atoms with E-state index in [0.717, 1.165) is 28.5 Å². The molecule has 0 bridgehead atoms. The summed E-state index contributed by atoms with van der Waals surface area (Å²) in [5.74, 6) is -0.332. The number of rotatable bonds is 4. The maximum atomic E-state index is 14.4. The number of ether oxygens (including phenoxy) is 2. The molecule has 2 aliphatic heterocycles. The number of carbonyl (C=O) groups excluding carboxylic acids is 2. The van der Waals surface area contributed by atoms with Crippen molar-refractivity contribution >= 4 is 22.9 Å². The molecule has 0 aliphatic carbocycles. The number of benzene rings is 2. The number of aromatic nitrogens is 2. The highest BCUT2D eigenvalue weighted by Gasteiger charge is 2.34. The molecule has 8 nitrogen and oxygen atoms in total. The van der Waals surface area contributed by atoms with Crippen LogP contribution in [-0.4, -0.2) is 76.1 Å². The molecule has 2 fully saturated rings. The van der Waals surface area contributed by atoms with Crippen LogP contribution in [0, 0.1) is 11.7 Å². The van der Waals surface area contributed by atoms with Crippen molar-refractivity contribution < 1.29 is 23.5 Å². The van der Waals surface area contributed by atoms with Crippen molar-refractivity contribution in [3.63, 3.8) is 0 Å². The average Bonchev–Trinajstić information content (AvgIpc) is 3.22. The van der Waals surface area contributed by atoms with Crippen LogP contribution in [0.25, 0.3) is 22.0 Å². The highest BCUT2D eigenvalue weighted by molar-refractivity contribution is 6.06. The summed E-state index contributed by atoms with van der Waals surface area (Å²) in [6.45, 7) is 10.2. The van der Waals surface area contributed by atoms with E-state index >= 15 is 0 Å². The fraction of sp³-hybridized carbons (Fsp3) is 0.483. The number of aryl methyl sites for hydroxylation is 1. The number of amides is 2. The second-order valence-electron chi connectivity index (χ2n) is 11.4. The maximum Gasteiger partial charge on any atom is 0.410 e. The minimum absolute atomic E-state index is 0.0872. The summed E-state index contributed by atoms with van der Waals surface area (Å²) in [6, 6.07) is 8.37. The van der Waals surface area contributed by atoms with E-state index in [2.05, 4.69) is 11.2 Å². The lowest BCUT2D eigenvalue weighted by atomic mass is 9.89. The van der Waals surface area contributed by atoms with Crippen molar-refractivity contribution in [1.29, 1.82) is 0 Å². The second-order valence-corrected chi connectivity index (χ2v) is 11.4. The Labute approximate surface area is 222 Å². The normalized spacial score (nSPS) is 18.5. The molecule has 3 aromatic rings. The van der Waals surface area contributed by atoms with Gasteiger partial charge < -0.3 is 19.3 Å². The van der Waals surface area contributed by atoms with E-state index in [1.807, 2.05) is 45.5 Å². The van der Waals surface area contributed by atoms with Crippen LogP contribution >= 0.6 is 0 Å². The van der Waals surface area contributed by atoms with Crippen LogP contribution in [0.3, 0.4) is 0 Å². The summed E-state index contributed by atoms with van der Waals surface area (Å²) < 4.78 is 27.2. The fourth-order valence-corrected chi connectivity index (χ4v) is 5.37. The largest absolute Gasteiger partial charge is 0.444 e. The molecule has 2 aliphatic rings. The second kappa shape index (κ2) is 10.0. The zero-order valence-electron chi connectivity index (χ0n) is 22.7. The van der Waals surface area contributed by atoms with Gasteiger partial charge in [0.1, 0.15) is 11.4 Å². The lowest BCUT2D eigenvalue weighted by Crippen LogP contribution is -2.52. The van der Waals surface area contributed by atoms with Gasteiger partial charge >= 0.3 is 6.09 Å². The molecule has 2 aromatic carbocycles. The van der Waals surface area contributed by atoms with Gasteiger partial charge in [0, 0.05) is 32.1 Å². The molecule has 38 heavy (non-hydrogen) atoms. The third kappa shape index (κ3) is 5.12. The molecular weight excluding hydrogens is 487 g/mol. The highest BCUT2D eigenvalue weighted by atomic mass is 19.1. The molecule has 0 spiro atoms. The zero-order valence-corrected chi connectivity index (χ0v) is 22.7. The third-order valence-corrected chi connectivity index (χ3v) is 7.23. The van der Waals surface area contributed by atoms with Crippen molar-refractivity contribution in [3.05, 3.63) is 53.5 Å². The van der Waals surface area contributed by atoms with Gasteiger partial charge in [-0.3, -0.25) is 9.48 Å². The number of morpholine rings is 1. The molecule has 5 rings (SSSR count). The molecule has 0 unspecified atom stereocenters. The lowest BCUT2D eigenvalue weighted by Gasteiger charge is -2.40. The van der Waals surface area contributed by atoms with Gasteiger partial charge in [-0.05, 0) is 68.9 Å². The Hall–Kier alpha value is -3.46. The van der Waals surface area contributed by atoms with Gasteiger partial charge in [0.05, 0.1) is 36.5 Å². The zero-order chi connectivity index (χ0) is 27.2. The predicted octanol–water partition coefficient (Wildman–Crippen LogP) is 4.65. The van der Waals surface area contributed by atoms with Crippen molar-refractivity contribution in [2.45, 2.75) is 45.8 Å². The average molecular weight is 523 g/mol. The molecule has 0 saturated carbocycles. The van der Waals surface area contributed by atoms with Crippen LogP contribution in [0.1, 0.15) is 43.6 Å². The number of likely N-dealkylation sites (tertiary alicyclic amines) is 1. The van der Waals surface area contributed by atoms with Gasteiger partial charge in [0.2, 0.25) is 0 Å². The van der Waals surface area contributed by atoms with Gasteiger partial charge in [0.25, 0.3) is 5.91 Å². The quantitative estimate of drug-likeness (QED) is 0.499. The standard InChI is InChI=1S/C29H35FN4O4/c1-18-17-37-11-10-34(18)27(35)24-13-21(30)7-9-22(24)23-8-6-20(26-25(23)14-31-32(26)5)12-19-15-33(16-19)28(36)38-29(2,3)4/h6-9,13-14,18-19H,10-12,15-17H2,1-5H3/t18-/m1/s1. The first-order valence-electron chi connectivity index (χ1n) is 13.1. The van der Waals surface area contributed by atoms with Crippen molar-refractivity contribution in [3.8, 4) is 11.1 Å². The number of hydrogen-bond acceptors (Lipinski definition) is 5. The van der Waals surface area contributed by atoms with E-state index in [-0.39, 0.29) is 18.0 Å². The first kappa shape index (κ1) is 26.2. The Morgan fingerprint density at radius 2 is 1.89 bits per heavy atom. The van der Waals surface area contributed by atoms with Crippen molar-refractivity contribution in [1.82, 2.24) is 19.6 Å². The highest BCUT2D eigenvalue weighted by Crippen LogP contribution is 2.35. The van der Waals surface area contributed by atoms with Crippen LogP contribution in [0.4, 0.5) is 9.18 Å². The summed E-state index contributed by atoms with van der Waals surface area (Å²) in [6.07, 6.45) is 2.31.